The smallest absolute Gasteiger partial charge is 0.170 e. The molecule has 1 aliphatic rings. The number of pyridine rings is 1. The van der Waals surface area contributed by atoms with E-state index in [-0.39, 0.29) is 18.7 Å². The summed E-state index contributed by atoms with van der Waals surface area (Å²) in [5, 5.41) is 13.8. The van der Waals surface area contributed by atoms with Crippen LogP contribution in [-0.2, 0) is 6.42 Å². The van der Waals surface area contributed by atoms with E-state index in [9.17, 15) is 5.11 Å². The Morgan fingerprint density at radius 3 is 2.53 bits per heavy atom. The van der Waals surface area contributed by atoms with E-state index in [1.807, 2.05) is 24.4 Å². The fourth-order valence-corrected chi connectivity index (χ4v) is 4.79. The van der Waals surface area contributed by atoms with Crippen LogP contribution in [0.25, 0.3) is 5.69 Å². The number of β-amino-alcohol motifs (C(OH)–C–C–N with tert-alkyl or cyclic N) is 1. The maximum atomic E-state index is 9.67. The lowest BCUT2D eigenvalue weighted by Gasteiger charge is -2.27. The van der Waals surface area contributed by atoms with E-state index in [0.29, 0.717) is 11.7 Å². The minimum Gasteiger partial charge on any atom is -0.395 e. The Bertz CT molecular complexity index is 1030. The zero-order valence-corrected chi connectivity index (χ0v) is 18.5. The Morgan fingerprint density at radius 2 is 1.90 bits per heavy atom. The second kappa shape index (κ2) is 8.58. The summed E-state index contributed by atoms with van der Waals surface area (Å²) in [7, 11) is 0. The summed E-state index contributed by atoms with van der Waals surface area (Å²) in [6.45, 7) is 6.99. The third-order valence-corrected chi connectivity index (χ3v) is 6.28. The molecule has 156 valence electrons. The highest BCUT2D eigenvalue weighted by Crippen LogP contribution is 2.41. The molecule has 0 aliphatic carbocycles. The number of aryl methyl sites for hydroxylation is 2. The zero-order valence-electron chi connectivity index (χ0n) is 17.7. The van der Waals surface area contributed by atoms with Gasteiger partial charge in [0.1, 0.15) is 0 Å². The molecule has 2 atom stereocenters. The number of aromatic nitrogens is 2. The molecule has 1 aromatic carbocycles. The van der Waals surface area contributed by atoms with Crippen LogP contribution in [0, 0.1) is 13.8 Å². The summed E-state index contributed by atoms with van der Waals surface area (Å²) in [6, 6.07) is 16.8. The first kappa shape index (κ1) is 20.6. The van der Waals surface area contributed by atoms with Gasteiger partial charge in [0.15, 0.2) is 5.11 Å². The van der Waals surface area contributed by atoms with E-state index in [2.05, 4.69) is 70.9 Å². The van der Waals surface area contributed by atoms with Crippen LogP contribution >= 0.6 is 12.2 Å². The predicted molar refractivity (Wildman–Crippen MR) is 124 cm³/mol. The van der Waals surface area contributed by atoms with Gasteiger partial charge in [-0.3, -0.25) is 4.98 Å². The molecular weight excluding hydrogens is 392 g/mol. The number of nitrogens with one attached hydrogen (secondary N) is 1. The number of aliphatic hydroxyl groups excluding tert-OH is 1. The van der Waals surface area contributed by atoms with Gasteiger partial charge in [-0.05, 0) is 73.9 Å². The van der Waals surface area contributed by atoms with Crippen molar-refractivity contribution in [3.05, 3.63) is 82.9 Å². The molecule has 1 fully saturated rings. The van der Waals surface area contributed by atoms with Gasteiger partial charge < -0.3 is 19.9 Å². The number of benzene rings is 1. The lowest BCUT2D eigenvalue weighted by atomic mass is 9.97. The maximum Gasteiger partial charge on any atom is 0.170 e. The molecule has 4 rings (SSSR count). The van der Waals surface area contributed by atoms with Crippen molar-refractivity contribution in [2.75, 3.05) is 13.2 Å². The first-order chi connectivity index (χ1) is 14.5. The Balaban J connectivity index is 1.80. The van der Waals surface area contributed by atoms with Gasteiger partial charge in [0.2, 0.25) is 0 Å². The molecule has 3 aromatic rings. The van der Waals surface area contributed by atoms with Crippen molar-refractivity contribution >= 4 is 17.3 Å². The van der Waals surface area contributed by atoms with Crippen LogP contribution < -0.4 is 5.32 Å². The molecule has 2 N–H and O–H groups in total. The zero-order chi connectivity index (χ0) is 21.3. The summed E-state index contributed by atoms with van der Waals surface area (Å²) in [5.74, 6) is 0. The summed E-state index contributed by atoms with van der Waals surface area (Å²) in [5.41, 5.74) is 6.98. The van der Waals surface area contributed by atoms with E-state index in [1.165, 1.54) is 22.5 Å². The lowest BCUT2D eigenvalue weighted by Crippen LogP contribution is -2.32. The van der Waals surface area contributed by atoms with Gasteiger partial charge in [-0.15, -0.1) is 0 Å². The molecule has 0 bridgehead atoms. The van der Waals surface area contributed by atoms with Crippen LogP contribution in [0.5, 0.6) is 0 Å². The van der Waals surface area contributed by atoms with E-state index in [1.54, 1.807) is 0 Å². The van der Waals surface area contributed by atoms with Crippen LogP contribution in [0.4, 0.5) is 0 Å². The summed E-state index contributed by atoms with van der Waals surface area (Å²) < 4.78 is 2.29. The maximum absolute atomic E-state index is 9.67. The molecule has 0 radical (unpaired) electrons. The van der Waals surface area contributed by atoms with Crippen molar-refractivity contribution in [2.45, 2.75) is 39.3 Å². The molecular formula is C24H28N4OS. The fraction of sp³-hybridized carbons (Fsp3) is 0.333. The van der Waals surface area contributed by atoms with Crippen LogP contribution in [0.1, 0.15) is 47.2 Å². The Kier molecular flexibility index (Phi) is 5.88. The first-order valence-electron chi connectivity index (χ1n) is 10.4. The molecule has 5 nitrogen and oxygen atoms in total. The lowest BCUT2D eigenvalue weighted by molar-refractivity contribution is 0.223. The number of hydrogen-bond donors (Lipinski definition) is 2. The Morgan fingerprint density at radius 1 is 1.13 bits per heavy atom. The van der Waals surface area contributed by atoms with Gasteiger partial charge in [-0.25, -0.2) is 0 Å². The largest absolute Gasteiger partial charge is 0.395 e. The van der Waals surface area contributed by atoms with Gasteiger partial charge in [0.05, 0.1) is 24.4 Å². The van der Waals surface area contributed by atoms with Crippen molar-refractivity contribution in [2.24, 2.45) is 0 Å². The molecule has 0 amide bonds. The highest BCUT2D eigenvalue weighted by Gasteiger charge is 2.41. The summed E-state index contributed by atoms with van der Waals surface area (Å²) >= 11 is 5.63. The molecule has 6 heteroatoms. The Hall–Kier alpha value is -2.70. The van der Waals surface area contributed by atoms with Gasteiger partial charge in [0, 0.05) is 29.8 Å². The number of rotatable bonds is 6. The molecule has 1 aliphatic heterocycles. The first-order valence-corrected chi connectivity index (χ1v) is 10.8. The van der Waals surface area contributed by atoms with E-state index < -0.39 is 0 Å². The van der Waals surface area contributed by atoms with Gasteiger partial charge in [-0.1, -0.05) is 25.1 Å². The van der Waals surface area contributed by atoms with Crippen molar-refractivity contribution in [1.29, 1.82) is 0 Å². The number of thiocarbonyl (C=S) groups is 1. The highest BCUT2D eigenvalue weighted by molar-refractivity contribution is 7.80. The Labute approximate surface area is 183 Å². The molecule has 0 spiro atoms. The van der Waals surface area contributed by atoms with Crippen LogP contribution in [0.15, 0.2) is 54.7 Å². The second-order valence-corrected chi connectivity index (χ2v) is 8.11. The monoisotopic (exact) mass is 420 g/mol. The highest BCUT2D eigenvalue weighted by atomic mass is 32.1. The van der Waals surface area contributed by atoms with Crippen LogP contribution in [0.3, 0.4) is 0 Å². The number of nitrogens with zero attached hydrogens (tertiary/aromatic N) is 3. The quantitative estimate of drug-likeness (QED) is 0.590. The third kappa shape index (κ3) is 3.61. The summed E-state index contributed by atoms with van der Waals surface area (Å²) in [6.07, 6.45) is 2.84. The van der Waals surface area contributed by atoms with Crippen LogP contribution in [0.2, 0.25) is 0 Å². The molecule has 1 saturated heterocycles. The fourth-order valence-electron chi connectivity index (χ4n) is 4.46. The molecule has 2 aromatic heterocycles. The minimum absolute atomic E-state index is 0.0329. The van der Waals surface area contributed by atoms with E-state index in [4.69, 9.17) is 12.2 Å². The second-order valence-electron chi connectivity index (χ2n) is 7.73. The van der Waals surface area contributed by atoms with Crippen LogP contribution in [-0.4, -0.2) is 37.8 Å². The standard InChI is InChI=1S/C24H28N4OS/c1-4-18-8-10-19(11-9-18)28-16(2)15-20(17(28)3)23-22(21-7-5-6-12-25-21)26-24(30)27(23)13-14-29/h5-12,15,22-23,29H,4,13-14H2,1-3H3,(H,26,30)/t22-,23+/m0/s1. The topological polar surface area (TPSA) is 53.3 Å². The van der Waals surface area contributed by atoms with Gasteiger partial charge >= 0.3 is 0 Å². The molecule has 3 heterocycles. The minimum atomic E-state index is -0.0679. The number of hydrogen-bond acceptors (Lipinski definition) is 3. The van der Waals surface area contributed by atoms with Gasteiger partial charge in [0.25, 0.3) is 0 Å². The number of aliphatic hydroxyl groups is 1. The average molecular weight is 421 g/mol. The average Bonchev–Trinajstić information content (AvgIpc) is 3.24. The normalized spacial score (nSPS) is 18.7. The summed E-state index contributed by atoms with van der Waals surface area (Å²) in [4.78, 5) is 6.67. The molecule has 0 saturated carbocycles. The third-order valence-electron chi connectivity index (χ3n) is 5.93. The van der Waals surface area contributed by atoms with E-state index >= 15 is 0 Å². The van der Waals surface area contributed by atoms with Crippen molar-refractivity contribution < 1.29 is 5.11 Å². The SMILES string of the molecule is CCc1ccc(-n2c(C)cc([C@@H]3[C@H](c4ccccn4)NC(=S)N3CCO)c2C)cc1. The van der Waals surface area contributed by atoms with Crippen molar-refractivity contribution in [1.82, 2.24) is 19.8 Å². The predicted octanol–water partition coefficient (Wildman–Crippen LogP) is 4.02. The van der Waals surface area contributed by atoms with Gasteiger partial charge in [-0.2, -0.15) is 0 Å². The van der Waals surface area contributed by atoms with Crippen molar-refractivity contribution in [3.8, 4) is 5.69 Å². The van der Waals surface area contributed by atoms with E-state index in [0.717, 1.165) is 17.8 Å². The molecule has 0 unspecified atom stereocenters. The molecule has 30 heavy (non-hydrogen) atoms. The van der Waals surface area contributed by atoms with Crippen molar-refractivity contribution in [3.63, 3.8) is 0 Å².